The molecule has 0 radical (unpaired) electrons. The number of nitrogens with one attached hydrogen (secondary N) is 2. The summed E-state index contributed by atoms with van der Waals surface area (Å²) in [6.45, 7) is 4.84. The molecule has 0 bridgehead atoms. The van der Waals surface area contributed by atoms with Crippen LogP contribution in [0.1, 0.15) is 35.3 Å². The van der Waals surface area contributed by atoms with E-state index in [1.807, 2.05) is 18.2 Å². The predicted molar refractivity (Wildman–Crippen MR) is 116 cm³/mol. The van der Waals surface area contributed by atoms with Crippen LogP contribution in [-0.4, -0.2) is 42.8 Å². The standard InChI is InChI=1S/C21H24ClN3O2.ClH/c1-15(26)16-5-7-19(8-6-16)24-21(27)9-11-25-12-10-23-14-20(25)17-3-2-4-18(22)13-17;/h2-8,13,20,23H,9-12,14H2,1H3,(H,24,27);1H. The van der Waals surface area contributed by atoms with E-state index < -0.39 is 0 Å². The van der Waals surface area contributed by atoms with Gasteiger partial charge in [-0.25, -0.2) is 0 Å². The molecular weight excluding hydrogens is 397 g/mol. The van der Waals surface area contributed by atoms with E-state index in [0.717, 1.165) is 30.2 Å². The predicted octanol–water partition coefficient (Wildman–Crippen LogP) is 3.94. The Kier molecular flexibility index (Phi) is 8.45. The molecule has 1 aliphatic rings. The smallest absolute Gasteiger partial charge is 0.225 e. The molecule has 28 heavy (non-hydrogen) atoms. The van der Waals surface area contributed by atoms with Gasteiger partial charge in [0.2, 0.25) is 5.91 Å². The summed E-state index contributed by atoms with van der Waals surface area (Å²) >= 11 is 6.14. The Hall–Kier alpha value is -1.92. The molecule has 1 heterocycles. The van der Waals surface area contributed by atoms with Gasteiger partial charge in [-0.05, 0) is 48.9 Å². The molecule has 3 rings (SSSR count). The molecule has 0 aliphatic carbocycles. The number of amides is 1. The summed E-state index contributed by atoms with van der Waals surface area (Å²) in [5, 5.41) is 7.04. The van der Waals surface area contributed by atoms with Crippen LogP contribution in [0.15, 0.2) is 48.5 Å². The van der Waals surface area contributed by atoms with Gasteiger partial charge >= 0.3 is 0 Å². The van der Waals surface area contributed by atoms with E-state index in [0.29, 0.717) is 24.2 Å². The highest BCUT2D eigenvalue weighted by Gasteiger charge is 2.24. The molecule has 1 amide bonds. The molecule has 1 fully saturated rings. The van der Waals surface area contributed by atoms with Crippen LogP contribution >= 0.6 is 24.0 Å². The number of carbonyl (C=O) groups excluding carboxylic acids is 2. The molecule has 0 aromatic heterocycles. The van der Waals surface area contributed by atoms with Crippen molar-refractivity contribution in [3.63, 3.8) is 0 Å². The Morgan fingerprint density at radius 3 is 2.64 bits per heavy atom. The van der Waals surface area contributed by atoms with Crippen LogP contribution in [0.5, 0.6) is 0 Å². The van der Waals surface area contributed by atoms with Crippen molar-refractivity contribution >= 4 is 41.4 Å². The Bertz CT molecular complexity index is 812. The minimum absolute atomic E-state index is 0. The molecule has 1 unspecified atom stereocenters. The molecule has 7 heteroatoms. The van der Waals surface area contributed by atoms with Gasteiger partial charge < -0.3 is 10.6 Å². The van der Waals surface area contributed by atoms with Gasteiger partial charge in [0.25, 0.3) is 0 Å². The zero-order chi connectivity index (χ0) is 19.2. The van der Waals surface area contributed by atoms with Crippen LogP contribution < -0.4 is 10.6 Å². The highest BCUT2D eigenvalue weighted by molar-refractivity contribution is 6.30. The second-order valence-corrected chi connectivity index (χ2v) is 7.18. The molecule has 2 N–H and O–H groups in total. The average molecular weight is 422 g/mol. The van der Waals surface area contributed by atoms with E-state index in [-0.39, 0.29) is 30.1 Å². The van der Waals surface area contributed by atoms with Crippen molar-refractivity contribution in [2.45, 2.75) is 19.4 Å². The van der Waals surface area contributed by atoms with Crippen molar-refractivity contribution < 1.29 is 9.59 Å². The molecule has 150 valence electrons. The first-order valence-corrected chi connectivity index (χ1v) is 9.52. The third kappa shape index (κ3) is 6.04. The molecule has 2 aromatic rings. The lowest BCUT2D eigenvalue weighted by atomic mass is 10.0. The quantitative estimate of drug-likeness (QED) is 0.693. The number of hydrogen-bond donors (Lipinski definition) is 2. The van der Waals surface area contributed by atoms with Crippen LogP contribution in [0.2, 0.25) is 5.02 Å². The maximum atomic E-state index is 12.3. The Balaban J connectivity index is 0.00000280. The molecule has 5 nitrogen and oxygen atoms in total. The molecule has 1 atom stereocenters. The monoisotopic (exact) mass is 421 g/mol. The number of nitrogens with zero attached hydrogens (tertiary/aromatic N) is 1. The third-order valence-corrected chi connectivity index (χ3v) is 5.02. The Morgan fingerprint density at radius 2 is 1.96 bits per heavy atom. The van der Waals surface area contributed by atoms with Crippen LogP contribution in [-0.2, 0) is 4.79 Å². The maximum Gasteiger partial charge on any atom is 0.225 e. The van der Waals surface area contributed by atoms with Gasteiger partial charge in [0.05, 0.1) is 0 Å². The fourth-order valence-electron chi connectivity index (χ4n) is 3.31. The minimum Gasteiger partial charge on any atom is -0.326 e. The lowest BCUT2D eigenvalue weighted by Crippen LogP contribution is -2.46. The van der Waals surface area contributed by atoms with Gasteiger partial charge in [0.15, 0.2) is 5.78 Å². The average Bonchev–Trinajstić information content (AvgIpc) is 2.67. The molecular formula is C21H25Cl2N3O2. The molecule has 2 aromatic carbocycles. The summed E-state index contributed by atoms with van der Waals surface area (Å²) in [7, 11) is 0. The van der Waals surface area contributed by atoms with Crippen LogP contribution in [0.4, 0.5) is 5.69 Å². The lowest BCUT2D eigenvalue weighted by Gasteiger charge is -2.36. The number of halogens is 2. The zero-order valence-corrected chi connectivity index (χ0v) is 17.4. The van der Waals surface area contributed by atoms with E-state index in [9.17, 15) is 9.59 Å². The fourth-order valence-corrected chi connectivity index (χ4v) is 3.51. The number of piperazine rings is 1. The number of carbonyl (C=O) groups is 2. The highest BCUT2D eigenvalue weighted by Crippen LogP contribution is 2.24. The van der Waals surface area contributed by atoms with E-state index in [4.69, 9.17) is 11.6 Å². The summed E-state index contributed by atoms with van der Waals surface area (Å²) in [5.74, 6) is -0.0207. The van der Waals surface area contributed by atoms with Crippen molar-refractivity contribution in [2.75, 3.05) is 31.5 Å². The van der Waals surface area contributed by atoms with Crippen LogP contribution in [0, 0.1) is 0 Å². The van der Waals surface area contributed by atoms with Gasteiger partial charge in [0.1, 0.15) is 0 Å². The van der Waals surface area contributed by atoms with E-state index in [1.54, 1.807) is 24.3 Å². The Morgan fingerprint density at radius 1 is 1.21 bits per heavy atom. The summed E-state index contributed by atoms with van der Waals surface area (Å²) in [6, 6.07) is 15.1. The second kappa shape index (κ2) is 10.6. The Labute approximate surface area is 176 Å². The molecule has 0 saturated carbocycles. The number of anilines is 1. The summed E-state index contributed by atoms with van der Waals surface area (Å²) in [4.78, 5) is 26.0. The number of hydrogen-bond acceptors (Lipinski definition) is 4. The van der Waals surface area contributed by atoms with Crippen molar-refractivity contribution in [2.24, 2.45) is 0 Å². The van der Waals surface area contributed by atoms with Crippen molar-refractivity contribution in [1.82, 2.24) is 10.2 Å². The van der Waals surface area contributed by atoms with Gasteiger partial charge in [-0.2, -0.15) is 0 Å². The first kappa shape index (κ1) is 22.4. The van der Waals surface area contributed by atoms with Gasteiger partial charge in [-0.3, -0.25) is 14.5 Å². The molecule has 1 aliphatic heterocycles. The second-order valence-electron chi connectivity index (χ2n) is 6.74. The van der Waals surface area contributed by atoms with Crippen molar-refractivity contribution in [3.8, 4) is 0 Å². The van der Waals surface area contributed by atoms with E-state index in [1.165, 1.54) is 6.92 Å². The van der Waals surface area contributed by atoms with E-state index >= 15 is 0 Å². The number of Topliss-reactive ketones (excluding diaryl/α,β-unsaturated/α-hetero) is 1. The minimum atomic E-state index is -0.0334. The van der Waals surface area contributed by atoms with Gasteiger partial charge in [-0.15, -0.1) is 12.4 Å². The summed E-state index contributed by atoms with van der Waals surface area (Å²) in [5.41, 5.74) is 2.50. The molecule has 0 spiro atoms. The van der Waals surface area contributed by atoms with Crippen LogP contribution in [0.3, 0.4) is 0 Å². The number of rotatable bonds is 6. The van der Waals surface area contributed by atoms with E-state index in [2.05, 4.69) is 21.6 Å². The molecule has 1 saturated heterocycles. The topological polar surface area (TPSA) is 61.4 Å². The third-order valence-electron chi connectivity index (χ3n) is 4.79. The number of ketones is 1. The SMILES string of the molecule is CC(=O)c1ccc(NC(=O)CCN2CCNCC2c2cccc(Cl)c2)cc1.Cl. The van der Waals surface area contributed by atoms with Crippen molar-refractivity contribution in [3.05, 3.63) is 64.7 Å². The van der Waals surface area contributed by atoms with Gasteiger partial charge in [0, 0.05) is 54.9 Å². The first-order valence-electron chi connectivity index (χ1n) is 9.14. The number of benzene rings is 2. The summed E-state index contributed by atoms with van der Waals surface area (Å²) in [6.07, 6.45) is 0.408. The summed E-state index contributed by atoms with van der Waals surface area (Å²) < 4.78 is 0. The van der Waals surface area contributed by atoms with Crippen LogP contribution in [0.25, 0.3) is 0 Å². The largest absolute Gasteiger partial charge is 0.326 e. The zero-order valence-electron chi connectivity index (χ0n) is 15.8. The van der Waals surface area contributed by atoms with Crippen molar-refractivity contribution in [1.29, 1.82) is 0 Å². The first-order chi connectivity index (χ1) is 13.0. The highest BCUT2D eigenvalue weighted by atomic mass is 35.5. The fraction of sp³-hybridized carbons (Fsp3) is 0.333. The lowest BCUT2D eigenvalue weighted by molar-refractivity contribution is -0.116. The maximum absolute atomic E-state index is 12.3. The normalized spacial score (nSPS) is 16.9. The van der Waals surface area contributed by atoms with Gasteiger partial charge in [-0.1, -0.05) is 23.7 Å².